The second-order valence-corrected chi connectivity index (χ2v) is 13.9. The van der Waals surface area contributed by atoms with Crippen LogP contribution in [0.25, 0.3) is 0 Å². The molecule has 0 bridgehead atoms. The predicted molar refractivity (Wildman–Crippen MR) is 166 cm³/mol. The Morgan fingerprint density at radius 2 is 1.80 bits per heavy atom. The number of aliphatic hydroxyl groups excluding tert-OH is 1. The van der Waals surface area contributed by atoms with Crippen LogP contribution >= 0.6 is 22.9 Å². The average molecular weight is 697 g/mol. The molecule has 8 atom stereocenters. The van der Waals surface area contributed by atoms with Gasteiger partial charge < -0.3 is 34.1 Å². The molecule has 2 aliphatic heterocycles. The first-order valence-corrected chi connectivity index (χ1v) is 15.9. The lowest BCUT2D eigenvalue weighted by Gasteiger charge is -2.41. The molecule has 0 aliphatic carbocycles. The average Bonchev–Trinajstić information content (AvgIpc) is 2.85. The van der Waals surface area contributed by atoms with Gasteiger partial charge in [0.15, 0.2) is 0 Å². The quantitative estimate of drug-likeness (QED) is 0.146. The minimum atomic E-state index is -0.925. The van der Waals surface area contributed by atoms with Crippen LogP contribution in [0, 0.1) is 11.8 Å². The Hall–Kier alpha value is -0.990. The van der Waals surface area contributed by atoms with Crippen molar-refractivity contribution in [1.29, 1.82) is 0 Å². The third kappa shape index (κ3) is 11.9. The molecular formula is C30H53IN2O8. The van der Waals surface area contributed by atoms with Crippen LogP contribution in [-0.2, 0) is 23.7 Å². The van der Waals surface area contributed by atoms with Crippen molar-refractivity contribution in [1.82, 2.24) is 8.01 Å². The van der Waals surface area contributed by atoms with Crippen LogP contribution in [0.5, 0.6) is 0 Å². The SMILES string of the molecule is CO[C@H](C(C)OC(C)(C)C[C@H](C)CC/C=C(\C)[C@H]1O[C@@H](CC(=O)O)C[C@@H](OC(=O)N2CCN(I)CC2)[C@@H]1C)[C@@H](C)O. The summed E-state index contributed by atoms with van der Waals surface area (Å²) in [6.07, 6.45) is 2.23. The molecule has 2 N–H and O–H groups in total. The van der Waals surface area contributed by atoms with E-state index in [0.717, 1.165) is 37.9 Å². The highest BCUT2D eigenvalue weighted by Gasteiger charge is 2.40. The number of amides is 1. The van der Waals surface area contributed by atoms with E-state index in [0.29, 0.717) is 25.4 Å². The van der Waals surface area contributed by atoms with Gasteiger partial charge in [-0.15, -0.1) is 0 Å². The van der Waals surface area contributed by atoms with Crippen molar-refractivity contribution in [3.05, 3.63) is 11.6 Å². The zero-order chi connectivity index (χ0) is 30.9. The molecule has 1 amide bonds. The molecule has 11 heteroatoms. The van der Waals surface area contributed by atoms with Crippen LogP contribution in [0.4, 0.5) is 4.79 Å². The molecule has 2 saturated heterocycles. The number of ether oxygens (including phenoxy) is 4. The maximum Gasteiger partial charge on any atom is 0.410 e. The largest absolute Gasteiger partial charge is 0.481 e. The monoisotopic (exact) mass is 696 g/mol. The van der Waals surface area contributed by atoms with E-state index in [1.54, 1.807) is 18.9 Å². The summed E-state index contributed by atoms with van der Waals surface area (Å²) in [5, 5.41) is 19.4. The van der Waals surface area contributed by atoms with Gasteiger partial charge in [0.25, 0.3) is 0 Å². The topological polar surface area (TPSA) is 118 Å². The number of rotatable bonds is 14. The third-order valence-corrected chi connectivity index (χ3v) is 9.13. The van der Waals surface area contributed by atoms with E-state index in [2.05, 4.69) is 52.8 Å². The van der Waals surface area contributed by atoms with Gasteiger partial charge in [-0.3, -0.25) is 4.79 Å². The van der Waals surface area contributed by atoms with Crippen molar-refractivity contribution in [2.24, 2.45) is 11.8 Å². The number of methoxy groups -OCH3 is 1. The summed E-state index contributed by atoms with van der Waals surface area (Å²) in [4.78, 5) is 26.2. The van der Waals surface area contributed by atoms with E-state index >= 15 is 0 Å². The summed E-state index contributed by atoms with van der Waals surface area (Å²) >= 11 is 2.26. The molecule has 0 aromatic rings. The van der Waals surface area contributed by atoms with E-state index in [4.69, 9.17) is 18.9 Å². The number of aliphatic carboxylic acids is 1. The molecule has 1 unspecified atom stereocenters. The highest BCUT2D eigenvalue weighted by molar-refractivity contribution is 14.1. The minimum absolute atomic E-state index is 0.0972. The highest BCUT2D eigenvalue weighted by Crippen LogP contribution is 2.34. The maximum atomic E-state index is 12.9. The number of carboxylic acid groups (broad SMARTS) is 1. The lowest BCUT2D eigenvalue weighted by molar-refractivity contribution is -0.151. The smallest absolute Gasteiger partial charge is 0.410 e. The van der Waals surface area contributed by atoms with E-state index in [9.17, 15) is 19.8 Å². The zero-order valence-corrected chi connectivity index (χ0v) is 28.3. The second kappa shape index (κ2) is 16.7. The Morgan fingerprint density at radius 3 is 2.37 bits per heavy atom. The molecule has 41 heavy (non-hydrogen) atoms. The van der Waals surface area contributed by atoms with Gasteiger partial charge in [0.2, 0.25) is 0 Å². The first-order chi connectivity index (χ1) is 19.1. The fourth-order valence-electron chi connectivity index (χ4n) is 6.18. The van der Waals surface area contributed by atoms with Crippen molar-refractivity contribution in [3.63, 3.8) is 0 Å². The lowest BCUT2D eigenvalue weighted by Crippen LogP contribution is -2.50. The highest BCUT2D eigenvalue weighted by atomic mass is 127. The first kappa shape index (κ1) is 36.2. The third-order valence-electron chi connectivity index (χ3n) is 8.17. The molecule has 2 heterocycles. The van der Waals surface area contributed by atoms with Crippen molar-refractivity contribution < 1.29 is 38.7 Å². The summed E-state index contributed by atoms with van der Waals surface area (Å²) in [6.45, 7) is 16.8. The molecule has 0 radical (unpaired) electrons. The Morgan fingerprint density at radius 1 is 1.17 bits per heavy atom. The molecular weight excluding hydrogens is 643 g/mol. The number of hydrogen-bond donors (Lipinski definition) is 2. The van der Waals surface area contributed by atoms with Crippen LogP contribution < -0.4 is 0 Å². The molecule has 0 aromatic carbocycles. The van der Waals surface area contributed by atoms with Crippen LogP contribution in [0.15, 0.2) is 11.6 Å². The minimum Gasteiger partial charge on any atom is -0.481 e. The first-order valence-electron chi connectivity index (χ1n) is 14.9. The number of halogens is 1. The number of piperazine rings is 1. The van der Waals surface area contributed by atoms with Crippen LogP contribution in [0.3, 0.4) is 0 Å². The molecule has 0 spiro atoms. The van der Waals surface area contributed by atoms with Gasteiger partial charge in [0.05, 0.1) is 36.4 Å². The summed E-state index contributed by atoms with van der Waals surface area (Å²) in [5.74, 6) is -0.638. The van der Waals surface area contributed by atoms with E-state index in [-0.39, 0.29) is 42.3 Å². The van der Waals surface area contributed by atoms with Gasteiger partial charge in [-0.2, -0.15) is 0 Å². The predicted octanol–water partition coefficient (Wildman–Crippen LogP) is 5.06. The molecule has 2 aliphatic rings. The van der Waals surface area contributed by atoms with Gasteiger partial charge in [0.1, 0.15) is 12.2 Å². The fourth-order valence-corrected chi connectivity index (χ4v) is 6.61. The van der Waals surface area contributed by atoms with Gasteiger partial charge >= 0.3 is 12.1 Å². The fraction of sp³-hybridized carbons (Fsp3) is 0.867. The molecule has 10 nitrogen and oxygen atoms in total. The van der Waals surface area contributed by atoms with Crippen LogP contribution in [0.2, 0.25) is 0 Å². The van der Waals surface area contributed by atoms with Gasteiger partial charge in [-0.1, -0.05) is 19.9 Å². The van der Waals surface area contributed by atoms with Crippen molar-refractivity contribution >= 4 is 34.9 Å². The number of carboxylic acids is 1. The Bertz CT molecular complexity index is 861. The molecule has 0 saturated carbocycles. The van der Waals surface area contributed by atoms with Crippen LogP contribution in [-0.4, -0.2) is 106 Å². The number of hydrogen-bond acceptors (Lipinski definition) is 8. The van der Waals surface area contributed by atoms with E-state index in [1.165, 1.54) is 0 Å². The summed E-state index contributed by atoms with van der Waals surface area (Å²) < 4.78 is 26.1. The van der Waals surface area contributed by atoms with E-state index in [1.807, 2.05) is 20.8 Å². The van der Waals surface area contributed by atoms with Gasteiger partial charge in [-0.05, 0) is 65.4 Å². The molecule has 0 aromatic heterocycles. The van der Waals surface area contributed by atoms with E-state index < -0.39 is 24.3 Å². The normalized spacial score (nSPS) is 27.7. The van der Waals surface area contributed by atoms with Crippen LogP contribution in [0.1, 0.15) is 80.6 Å². The Balaban J connectivity index is 1.98. The Labute approximate surface area is 260 Å². The molecule has 238 valence electrons. The Kier molecular flexibility index (Phi) is 14.8. The van der Waals surface area contributed by atoms with Crippen molar-refractivity contribution in [2.45, 2.75) is 123 Å². The summed E-state index contributed by atoms with van der Waals surface area (Å²) in [7, 11) is 1.59. The van der Waals surface area contributed by atoms with Crippen molar-refractivity contribution in [3.8, 4) is 0 Å². The number of nitrogens with zero attached hydrogens (tertiary/aromatic N) is 2. The maximum absolute atomic E-state index is 12.9. The molecule has 2 rings (SSSR count). The number of carbonyl (C=O) groups excluding carboxylic acids is 1. The number of carbonyl (C=O) groups is 2. The zero-order valence-electron chi connectivity index (χ0n) is 26.2. The summed E-state index contributed by atoms with van der Waals surface area (Å²) in [6, 6.07) is 0. The van der Waals surface area contributed by atoms with Gasteiger partial charge in [0, 0.05) is 68.5 Å². The molecule has 2 fully saturated rings. The van der Waals surface area contributed by atoms with Crippen molar-refractivity contribution in [2.75, 3.05) is 33.3 Å². The number of allylic oxidation sites excluding steroid dienone is 1. The van der Waals surface area contributed by atoms with Gasteiger partial charge in [-0.25, -0.2) is 7.91 Å². The number of aliphatic hydroxyl groups is 1. The lowest BCUT2D eigenvalue weighted by atomic mass is 9.85. The summed E-state index contributed by atoms with van der Waals surface area (Å²) in [5.41, 5.74) is 0.651. The second-order valence-electron chi connectivity index (χ2n) is 12.5. The standard InChI is InChI=1S/C30H53IN2O8/c1-19(18-30(6,7)41-23(5)28(38-8)22(4)34)10-9-11-20(2)27-21(3)25(16-24(39-27)17-26(35)36)40-29(37)32-12-14-33(31)15-13-32/h11,19,21-25,27-28,34H,9-10,12-18H2,1-8H3,(H,35,36)/b20-11+/t19-,21+,22-,23?,24-,25-,27-,28+/m1/s1.